The van der Waals surface area contributed by atoms with E-state index in [4.69, 9.17) is 5.73 Å². The second-order valence-corrected chi connectivity index (χ2v) is 4.56. The zero-order chi connectivity index (χ0) is 15.8. The summed E-state index contributed by atoms with van der Waals surface area (Å²) in [7, 11) is 0. The molecule has 1 unspecified atom stereocenters. The lowest BCUT2D eigenvalue weighted by Crippen LogP contribution is -2.45. The quantitative estimate of drug-likeness (QED) is 0.622. The number of hydrogen-bond donors (Lipinski definition) is 4. The van der Waals surface area contributed by atoms with Crippen molar-refractivity contribution in [1.82, 2.24) is 10.6 Å². The standard InChI is InChI=1S/C14H20N4O3/c1-3-7-16-12(19)9(2)17-13(20)10-5-4-6-11(8-10)18-14(15)21/h4-6,8-9H,3,7H2,1-2H3,(H,16,19)(H,17,20)(H3,15,18,21). The number of rotatable bonds is 6. The first-order chi connectivity index (χ1) is 9.93. The number of carbonyl (C=O) groups is 3. The summed E-state index contributed by atoms with van der Waals surface area (Å²) in [5, 5.41) is 7.67. The van der Waals surface area contributed by atoms with Crippen LogP contribution >= 0.6 is 0 Å². The molecule has 5 N–H and O–H groups in total. The third kappa shape index (κ3) is 5.52. The van der Waals surface area contributed by atoms with Crippen molar-refractivity contribution in [1.29, 1.82) is 0 Å². The normalized spacial score (nSPS) is 11.3. The molecule has 1 rings (SSSR count). The van der Waals surface area contributed by atoms with Gasteiger partial charge in [-0.3, -0.25) is 9.59 Å². The van der Waals surface area contributed by atoms with Crippen LogP contribution in [-0.2, 0) is 4.79 Å². The molecular formula is C14H20N4O3. The molecule has 0 aliphatic heterocycles. The maximum Gasteiger partial charge on any atom is 0.316 e. The Labute approximate surface area is 123 Å². The SMILES string of the molecule is CCCNC(=O)C(C)NC(=O)c1cccc(NC(N)=O)c1. The van der Waals surface area contributed by atoms with Crippen LogP contribution in [0.25, 0.3) is 0 Å². The molecule has 0 fully saturated rings. The van der Waals surface area contributed by atoms with Gasteiger partial charge >= 0.3 is 6.03 Å². The Morgan fingerprint density at radius 2 is 2.00 bits per heavy atom. The Hall–Kier alpha value is -2.57. The van der Waals surface area contributed by atoms with Crippen molar-refractivity contribution in [2.45, 2.75) is 26.3 Å². The topological polar surface area (TPSA) is 113 Å². The highest BCUT2D eigenvalue weighted by atomic mass is 16.2. The molecule has 0 saturated heterocycles. The van der Waals surface area contributed by atoms with Crippen LogP contribution in [0.2, 0.25) is 0 Å². The zero-order valence-corrected chi connectivity index (χ0v) is 12.1. The minimum absolute atomic E-state index is 0.239. The smallest absolute Gasteiger partial charge is 0.316 e. The molecule has 1 aromatic carbocycles. The molecule has 114 valence electrons. The number of anilines is 1. The highest BCUT2D eigenvalue weighted by Gasteiger charge is 2.16. The van der Waals surface area contributed by atoms with Crippen LogP contribution in [0.3, 0.4) is 0 Å². The van der Waals surface area contributed by atoms with Crippen molar-refractivity contribution in [2.75, 3.05) is 11.9 Å². The average molecular weight is 292 g/mol. The van der Waals surface area contributed by atoms with E-state index in [0.717, 1.165) is 6.42 Å². The fraction of sp³-hybridized carbons (Fsp3) is 0.357. The summed E-state index contributed by atoms with van der Waals surface area (Å²) in [5.74, 6) is -0.640. The Morgan fingerprint density at radius 1 is 1.29 bits per heavy atom. The van der Waals surface area contributed by atoms with Gasteiger partial charge < -0.3 is 21.7 Å². The number of amides is 4. The molecular weight excluding hydrogens is 272 g/mol. The van der Waals surface area contributed by atoms with Gasteiger partial charge in [0.1, 0.15) is 6.04 Å². The van der Waals surface area contributed by atoms with E-state index in [9.17, 15) is 14.4 Å². The van der Waals surface area contributed by atoms with E-state index in [1.165, 1.54) is 6.07 Å². The van der Waals surface area contributed by atoms with Crippen LogP contribution < -0.4 is 21.7 Å². The van der Waals surface area contributed by atoms with Crippen LogP contribution in [0.4, 0.5) is 10.5 Å². The van der Waals surface area contributed by atoms with Gasteiger partial charge in [0.15, 0.2) is 0 Å². The van der Waals surface area contributed by atoms with Crippen molar-refractivity contribution >= 4 is 23.5 Å². The number of urea groups is 1. The van der Waals surface area contributed by atoms with Crippen molar-refractivity contribution in [3.8, 4) is 0 Å². The highest BCUT2D eigenvalue weighted by Crippen LogP contribution is 2.10. The van der Waals surface area contributed by atoms with Gasteiger partial charge in [-0.2, -0.15) is 0 Å². The lowest BCUT2D eigenvalue weighted by atomic mass is 10.1. The molecule has 1 aromatic rings. The van der Waals surface area contributed by atoms with Gasteiger partial charge in [0, 0.05) is 17.8 Å². The van der Waals surface area contributed by atoms with Gasteiger partial charge in [0.05, 0.1) is 0 Å². The van der Waals surface area contributed by atoms with Crippen molar-refractivity contribution < 1.29 is 14.4 Å². The van der Waals surface area contributed by atoms with Gasteiger partial charge in [-0.25, -0.2) is 4.79 Å². The monoisotopic (exact) mass is 292 g/mol. The van der Waals surface area contributed by atoms with Crippen LogP contribution in [0.15, 0.2) is 24.3 Å². The van der Waals surface area contributed by atoms with E-state index >= 15 is 0 Å². The van der Waals surface area contributed by atoms with Gasteiger partial charge in [-0.05, 0) is 31.5 Å². The maximum absolute atomic E-state index is 12.0. The molecule has 4 amide bonds. The summed E-state index contributed by atoms with van der Waals surface area (Å²) in [6.07, 6.45) is 0.827. The molecule has 0 heterocycles. The van der Waals surface area contributed by atoms with E-state index in [1.54, 1.807) is 25.1 Å². The summed E-state index contributed by atoms with van der Waals surface area (Å²) in [5.41, 5.74) is 5.76. The minimum atomic E-state index is -0.708. The van der Waals surface area contributed by atoms with Crippen molar-refractivity contribution in [3.63, 3.8) is 0 Å². The first kappa shape index (κ1) is 16.5. The fourth-order valence-electron chi connectivity index (χ4n) is 1.63. The maximum atomic E-state index is 12.0. The van der Waals surface area contributed by atoms with E-state index in [1.807, 2.05) is 6.92 Å². The van der Waals surface area contributed by atoms with E-state index in [-0.39, 0.29) is 5.91 Å². The third-order valence-electron chi connectivity index (χ3n) is 2.68. The Kier molecular flexibility index (Phi) is 6.19. The lowest BCUT2D eigenvalue weighted by molar-refractivity contribution is -0.122. The fourth-order valence-corrected chi connectivity index (χ4v) is 1.63. The van der Waals surface area contributed by atoms with E-state index < -0.39 is 18.0 Å². The largest absolute Gasteiger partial charge is 0.354 e. The number of carbonyl (C=O) groups excluding carboxylic acids is 3. The number of nitrogens with one attached hydrogen (secondary N) is 3. The molecule has 0 bridgehead atoms. The molecule has 0 radical (unpaired) electrons. The average Bonchev–Trinajstić information content (AvgIpc) is 2.44. The predicted octanol–water partition coefficient (Wildman–Crippen LogP) is 0.822. The molecule has 0 aliphatic rings. The van der Waals surface area contributed by atoms with E-state index in [2.05, 4.69) is 16.0 Å². The van der Waals surface area contributed by atoms with Gasteiger partial charge in [0.25, 0.3) is 5.91 Å². The van der Waals surface area contributed by atoms with Gasteiger partial charge in [0.2, 0.25) is 5.91 Å². The highest BCUT2D eigenvalue weighted by molar-refractivity contribution is 5.99. The Balaban J connectivity index is 2.66. The third-order valence-corrected chi connectivity index (χ3v) is 2.68. The van der Waals surface area contributed by atoms with Crippen molar-refractivity contribution in [2.24, 2.45) is 5.73 Å². The summed E-state index contributed by atoms with van der Waals surface area (Å²) in [4.78, 5) is 34.5. The lowest BCUT2D eigenvalue weighted by Gasteiger charge is -2.14. The van der Waals surface area contributed by atoms with Gasteiger partial charge in [-0.1, -0.05) is 13.0 Å². The van der Waals surface area contributed by atoms with Gasteiger partial charge in [-0.15, -0.1) is 0 Å². The first-order valence-corrected chi connectivity index (χ1v) is 6.69. The molecule has 0 aliphatic carbocycles. The molecule has 7 heteroatoms. The number of nitrogens with two attached hydrogens (primary N) is 1. The molecule has 1 atom stereocenters. The molecule has 7 nitrogen and oxygen atoms in total. The summed E-state index contributed by atoms with van der Waals surface area (Å²) < 4.78 is 0. The number of hydrogen-bond acceptors (Lipinski definition) is 3. The van der Waals surface area contributed by atoms with Crippen LogP contribution in [0.1, 0.15) is 30.6 Å². The summed E-state index contributed by atoms with van der Waals surface area (Å²) in [6, 6.07) is 4.94. The molecule has 0 spiro atoms. The summed E-state index contributed by atoms with van der Waals surface area (Å²) >= 11 is 0. The van der Waals surface area contributed by atoms with Crippen LogP contribution in [0.5, 0.6) is 0 Å². The number of primary amides is 1. The minimum Gasteiger partial charge on any atom is -0.354 e. The second-order valence-electron chi connectivity index (χ2n) is 4.56. The number of benzene rings is 1. The molecule has 21 heavy (non-hydrogen) atoms. The second kappa shape index (κ2) is 7.88. The van der Waals surface area contributed by atoms with Crippen molar-refractivity contribution in [3.05, 3.63) is 29.8 Å². The Bertz CT molecular complexity index is 531. The first-order valence-electron chi connectivity index (χ1n) is 6.69. The predicted molar refractivity (Wildman–Crippen MR) is 79.9 cm³/mol. The molecule has 0 saturated carbocycles. The summed E-state index contributed by atoms with van der Waals surface area (Å²) in [6.45, 7) is 4.12. The van der Waals surface area contributed by atoms with Crippen LogP contribution in [0, 0.1) is 0 Å². The van der Waals surface area contributed by atoms with E-state index in [0.29, 0.717) is 17.8 Å². The Morgan fingerprint density at radius 3 is 2.62 bits per heavy atom. The zero-order valence-electron chi connectivity index (χ0n) is 12.1. The molecule has 0 aromatic heterocycles. The van der Waals surface area contributed by atoms with Crippen LogP contribution in [-0.4, -0.2) is 30.4 Å².